The standard InChI is InChI=1S/C13H14ClN/c1-9(15)6-10-2-3-12-8-13(14)5-4-11(12)7-10/h2-5,7-9H,6,15H2,1H3. The van der Waals surface area contributed by atoms with Crippen molar-refractivity contribution >= 4 is 22.4 Å². The van der Waals surface area contributed by atoms with Gasteiger partial charge in [-0.15, -0.1) is 0 Å². The molecule has 0 aromatic heterocycles. The van der Waals surface area contributed by atoms with Gasteiger partial charge in [0.15, 0.2) is 0 Å². The summed E-state index contributed by atoms with van der Waals surface area (Å²) in [5, 5.41) is 3.18. The monoisotopic (exact) mass is 219 g/mol. The van der Waals surface area contributed by atoms with Crippen LogP contribution in [0.1, 0.15) is 12.5 Å². The van der Waals surface area contributed by atoms with Crippen molar-refractivity contribution in [2.75, 3.05) is 0 Å². The van der Waals surface area contributed by atoms with Gasteiger partial charge in [-0.1, -0.05) is 35.9 Å². The molecule has 0 radical (unpaired) electrons. The van der Waals surface area contributed by atoms with Crippen molar-refractivity contribution in [3.8, 4) is 0 Å². The van der Waals surface area contributed by atoms with Crippen molar-refractivity contribution in [1.82, 2.24) is 0 Å². The number of rotatable bonds is 2. The Balaban J connectivity index is 2.43. The molecule has 2 aromatic carbocycles. The highest BCUT2D eigenvalue weighted by Gasteiger charge is 2.00. The summed E-state index contributed by atoms with van der Waals surface area (Å²) in [6, 6.07) is 12.5. The van der Waals surface area contributed by atoms with Crippen LogP contribution >= 0.6 is 11.6 Å². The molecule has 1 unspecified atom stereocenters. The van der Waals surface area contributed by atoms with E-state index >= 15 is 0 Å². The molecule has 0 aliphatic heterocycles. The third kappa shape index (κ3) is 2.49. The zero-order chi connectivity index (χ0) is 10.8. The van der Waals surface area contributed by atoms with Crippen LogP contribution in [-0.2, 0) is 6.42 Å². The van der Waals surface area contributed by atoms with Crippen LogP contribution < -0.4 is 5.73 Å². The zero-order valence-corrected chi connectivity index (χ0v) is 9.46. The van der Waals surface area contributed by atoms with Crippen molar-refractivity contribution in [2.24, 2.45) is 5.73 Å². The average Bonchev–Trinajstić information content (AvgIpc) is 2.17. The predicted octanol–water partition coefficient (Wildman–Crippen LogP) is 3.38. The highest BCUT2D eigenvalue weighted by Crippen LogP contribution is 2.20. The van der Waals surface area contributed by atoms with Crippen molar-refractivity contribution < 1.29 is 0 Å². The molecule has 0 spiro atoms. The summed E-state index contributed by atoms with van der Waals surface area (Å²) in [5.74, 6) is 0. The van der Waals surface area contributed by atoms with Crippen molar-refractivity contribution in [2.45, 2.75) is 19.4 Å². The average molecular weight is 220 g/mol. The Labute approximate surface area is 94.9 Å². The Morgan fingerprint density at radius 3 is 2.53 bits per heavy atom. The van der Waals surface area contributed by atoms with Crippen LogP contribution in [0.25, 0.3) is 10.8 Å². The molecule has 78 valence electrons. The molecule has 0 saturated heterocycles. The fourth-order valence-electron chi connectivity index (χ4n) is 1.76. The van der Waals surface area contributed by atoms with Gasteiger partial charge in [-0.2, -0.15) is 0 Å². The molecule has 15 heavy (non-hydrogen) atoms. The van der Waals surface area contributed by atoms with E-state index in [1.807, 2.05) is 25.1 Å². The summed E-state index contributed by atoms with van der Waals surface area (Å²) in [7, 11) is 0. The molecule has 2 aromatic rings. The molecular formula is C13H14ClN. The Kier molecular flexibility index (Phi) is 2.94. The van der Waals surface area contributed by atoms with Gasteiger partial charge in [0.1, 0.15) is 0 Å². The molecule has 2 heteroatoms. The maximum atomic E-state index is 5.92. The Morgan fingerprint density at radius 2 is 1.80 bits per heavy atom. The second-order valence-corrected chi connectivity index (χ2v) is 4.44. The van der Waals surface area contributed by atoms with Crippen LogP contribution in [0, 0.1) is 0 Å². The van der Waals surface area contributed by atoms with E-state index in [-0.39, 0.29) is 6.04 Å². The first kappa shape index (κ1) is 10.5. The van der Waals surface area contributed by atoms with Crippen molar-refractivity contribution in [3.05, 3.63) is 47.0 Å². The third-order valence-corrected chi connectivity index (χ3v) is 2.66. The highest BCUT2D eigenvalue weighted by atomic mass is 35.5. The number of hydrogen-bond donors (Lipinski definition) is 1. The second kappa shape index (κ2) is 4.21. The number of nitrogens with two attached hydrogens (primary N) is 1. The van der Waals surface area contributed by atoms with E-state index in [1.165, 1.54) is 16.3 Å². The molecule has 0 amide bonds. The lowest BCUT2D eigenvalue weighted by Crippen LogP contribution is -2.17. The molecular weight excluding hydrogens is 206 g/mol. The van der Waals surface area contributed by atoms with E-state index in [0.717, 1.165) is 11.4 Å². The first-order valence-electron chi connectivity index (χ1n) is 5.09. The summed E-state index contributed by atoms with van der Waals surface area (Å²) in [5.41, 5.74) is 7.05. The molecule has 0 saturated carbocycles. The van der Waals surface area contributed by atoms with Gasteiger partial charge in [-0.05, 0) is 41.8 Å². The highest BCUT2D eigenvalue weighted by molar-refractivity contribution is 6.31. The van der Waals surface area contributed by atoms with Gasteiger partial charge in [0.25, 0.3) is 0 Å². The second-order valence-electron chi connectivity index (χ2n) is 4.01. The first-order valence-corrected chi connectivity index (χ1v) is 5.47. The van der Waals surface area contributed by atoms with Gasteiger partial charge >= 0.3 is 0 Å². The van der Waals surface area contributed by atoms with Gasteiger partial charge in [0.2, 0.25) is 0 Å². The lowest BCUT2D eigenvalue weighted by atomic mass is 10.0. The summed E-state index contributed by atoms with van der Waals surface area (Å²) in [6.07, 6.45) is 0.915. The molecule has 1 nitrogen and oxygen atoms in total. The van der Waals surface area contributed by atoms with Gasteiger partial charge in [-0.3, -0.25) is 0 Å². The SMILES string of the molecule is CC(N)Cc1ccc2cc(Cl)ccc2c1. The van der Waals surface area contributed by atoms with Crippen molar-refractivity contribution in [1.29, 1.82) is 0 Å². The van der Waals surface area contributed by atoms with Crippen molar-refractivity contribution in [3.63, 3.8) is 0 Å². The molecule has 0 aliphatic rings. The van der Waals surface area contributed by atoms with E-state index in [1.54, 1.807) is 0 Å². The van der Waals surface area contributed by atoms with Crippen LogP contribution in [0.4, 0.5) is 0 Å². The van der Waals surface area contributed by atoms with Gasteiger partial charge < -0.3 is 5.73 Å². The third-order valence-electron chi connectivity index (χ3n) is 2.42. The maximum Gasteiger partial charge on any atom is 0.0412 e. The molecule has 0 aliphatic carbocycles. The minimum atomic E-state index is 0.203. The maximum absolute atomic E-state index is 5.92. The van der Waals surface area contributed by atoms with Crippen LogP contribution in [0.5, 0.6) is 0 Å². The van der Waals surface area contributed by atoms with E-state index < -0.39 is 0 Å². The lowest BCUT2D eigenvalue weighted by Gasteiger charge is -2.06. The fraction of sp³-hybridized carbons (Fsp3) is 0.231. The van der Waals surface area contributed by atoms with Crippen LogP contribution in [0.3, 0.4) is 0 Å². The molecule has 0 fully saturated rings. The smallest absolute Gasteiger partial charge is 0.0412 e. The van der Waals surface area contributed by atoms with E-state index in [9.17, 15) is 0 Å². The summed E-state index contributed by atoms with van der Waals surface area (Å²) in [4.78, 5) is 0. The molecule has 2 rings (SSSR count). The Hall–Kier alpha value is -1.05. The lowest BCUT2D eigenvalue weighted by molar-refractivity contribution is 0.739. The fourth-order valence-corrected chi connectivity index (χ4v) is 1.95. The number of hydrogen-bond acceptors (Lipinski definition) is 1. The Bertz CT molecular complexity index is 477. The molecule has 0 bridgehead atoms. The normalized spacial score (nSPS) is 13.0. The molecule has 1 atom stereocenters. The van der Waals surface area contributed by atoms with Gasteiger partial charge in [0, 0.05) is 11.1 Å². The van der Waals surface area contributed by atoms with Crippen LogP contribution in [0.2, 0.25) is 5.02 Å². The van der Waals surface area contributed by atoms with Crippen LogP contribution in [0.15, 0.2) is 36.4 Å². The zero-order valence-electron chi connectivity index (χ0n) is 8.70. The van der Waals surface area contributed by atoms with Crippen LogP contribution in [-0.4, -0.2) is 6.04 Å². The first-order chi connectivity index (χ1) is 7.15. The summed E-state index contributed by atoms with van der Waals surface area (Å²) >= 11 is 5.92. The molecule has 0 heterocycles. The minimum Gasteiger partial charge on any atom is -0.328 e. The predicted molar refractivity (Wildman–Crippen MR) is 66.3 cm³/mol. The van der Waals surface area contributed by atoms with Gasteiger partial charge in [0.05, 0.1) is 0 Å². The summed E-state index contributed by atoms with van der Waals surface area (Å²) in [6.45, 7) is 2.02. The largest absolute Gasteiger partial charge is 0.328 e. The minimum absolute atomic E-state index is 0.203. The molecule has 2 N–H and O–H groups in total. The number of benzene rings is 2. The van der Waals surface area contributed by atoms with E-state index in [2.05, 4.69) is 18.2 Å². The van der Waals surface area contributed by atoms with E-state index in [0.29, 0.717) is 0 Å². The van der Waals surface area contributed by atoms with Gasteiger partial charge in [-0.25, -0.2) is 0 Å². The number of fused-ring (bicyclic) bond motifs is 1. The Morgan fingerprint density at radius 1 is 1.13 bits per heavy atom. The number of halogens is 1. The summed E-state index contributed by atoms with van der Waals surface area (Å²) < 4.78 is 0. The topological polar surface area (TPSA) is 26.0 Å². The van der Waals surface area contributed by atoms with E-state index in [4.69, 9.17) is 17.3 Å². The quantitative estimate of drug-likeness (QED) is 0.824.